The largest absolute Gasteiger partial charge is 0.378 e. The lowest BCUT2D eigenvalue weighted by Gasteiger charge is -2.47. The van der Waals surface area contributed by atoms with Gasteiger partial charge in [-0.3, -0.25) is 0 Å². The monoisotopic (exact) mass is 297 g/mol. The summed E-state index contributed by atoms with van der Waals surface area (Å²) in [6.07, 6.45) is 7.86. The van der Waals surface area contributed by atoms with Gasteiger partial charge in [0.2, 0.25) is 0 Å². The first-order valence-electron chi connectivity index (χ1n) is 8.56. The van der Waals surface area contributed by atoms with Crippen molar-refractivity contribution < 1.29 is 14.2 Å². The van der Waals surface area contributed by atoms with Crippen LogP contribution >= 0.6 is 0 Å². The maximum atomic E-state index is 6.59. The summed E-state index contributed by atoms with van der Waals surface area (Å²) in [6, 6.07) is 0. The van der Waals surface area contributed by atoms with E-state index in [4.69, 9.17) is 19.9 Å². The van der Waals surface area contributed by atoms with Gasteiger partial charge < -0.3 is 19.9 Å². The van der Waals surface area contributed by atoms with E-state index in [2.05, 4.69) is 13.8 Å². The molecule has 3 fully saturated rings. The molecular weight excluding hydrogens is 266 g/mol. The van der Waals surface area contributed by atoms with Gasteiger partial charge in [0.25, 0.3) is 0 Å². The van der Waals surface area contributed by atoms with Gasteiger partial charge in [-0.2, -0.15) is 0 Å². The molecule has 3 rings (SSSR count). The van der Waals surface area contributed by atoms with Gasteiger partial charge in [0.1, 0.15) is 0 Å². The molecule has 2 aliphatic heterocycles. The Hall–Kier alpha value is -0.160. The fraction of sp³-hybridized carbons (Fsp3) is 1.00. The molecule has 2 unspecified atom stereocenters. The first kappa shape index (κ1) is 15.7. The highest BCUT2D eigenvalue weighted by Gasteiger charge is 2.45. The molecule has 1 aliphatic carbocycles. The lowest BCUT2D eigenvalue weighted by molar-refractivity contribution is -0.184. The van der Waals surface area contributed by atoms with Gasteiger partial charge in [0, 0.05) is 32.6 Å². The summed E-state index contributed by atoms with van der Waals surface area (Å²) in [7, 11) is 0. The van der Waals surface area contributed by atoms with Crippen molar-refractivity contribution in [1.29, 1.82) is 0 Å². The van der Waals surface area contributed by atoms with Crippen molar-refractivity contribution in [2.75, 3.05) is 26.4 Å². The molecule has 4 nitrogen and oxygen atoms in total. The maximum absolute atomic E-state index is 6.59. The minimum atomic E-state index is -0.0990. The standard InChI is InChI=1S/C17H31NO3/c1-15(2)4-6-16(12-18,7-5-15)21-14-3-9-20-17(11-14)8-10-19-13-17/h14H,3-13,18H2,1-2H3. The van der Waals surface area contributed by atoms with Crippen LogP contribution in [0.1, 0.15) is 58.8 Å². The maximum Gasteiger partial charge on any atom is 0.0961 e. The number of hydrogen-bond acceptors (Lipinski definition) is 4. The Morgan fingerprint density at radius 1 is 1.10 bits per heavy atom. The Labute approximate surface area is 128 Å². The molecular formula is C17H31NO3. The molecule has 2 N–H and O–H groups in total. The Balaban J connectivity index is 1.61. The van der Waals surface area contributed by atoms with E-state index in [9.17, 15) is 0 Å². The highest BCUT2D eigenvalue weighted by Crippen LogP contribution is 2.44. The van der Waals surface area contributed by atoms with Crippen LogP contribution in [0, 0.1) is 5.41 Å². The van der Waals surface area contributed by atoms with Gasteiger partial charge in [0.05, 0.1) is 23.9 Å². The molecule has 0 amide bonds. The van der Waals surface area contributed by atoms with E-state index in [0.717, 1.165) is 51.9 Å². The summed E-state index contributed by atoms with van der Waals surface area (Å²) in [6.45, 7) is 7.70. The van der Waals surface area contributed by atoms with E-state index in [1.807, 2.05) is 0 Å². The number of rotatable bonds is 3. The second-order valence-corrected chi connectivity index (χ2v) is 8.12. The van der Waals surface area contributed by atoms with Crippen LogP contribution in [-0.2, 0) is 14.2 Å². The van der Waals surface area contributed by atoms with E-state index in [0.29, 0.717) is 12.0 Å². The van der Waals surface area contributed by atoms with Gasteiger partial charge >= 0.3 is 0 Å². The average molecular weight is 297 g/mol. The molecule has 0 aromatic heterocycles. The fourth-order valence-corrected chi connectivity index (χ4v) is 4.05. The number of nitrogens with two attached hydrogens (primary N) is 1. The van der Waals surface area contributed by atoms with Crippen molar-refractivity contribution >= 4 is 0 Å². The molecule has 1 saturated carbocycles. The Morgan fingerprint density at radius 2 is 1.86 bits per heavy atom. The molecule has 1 spiro atoms. The molecule has 0 bridgehead atoms. The predicted molar refractivity (Wildman–Crippen MR) is 82.3 cm³/mol. The van der Waals surface area contributed by atoms with E-state index in [1.165, 1.54) is 12.8 Å². The fourth-order valence-electron chi connectivity index (χ4n) is 4.05. The summed E-state index contributed by atoms with van der Waals surface area (Å²) < 4.78 is 18.1. The van der Waals surface area contributed by atoms with E-state index in [1.54, 1.807) is 0 Å². The Morgan fingerprint density at radius 3 is 2.48 bits per heavy atom. The van der Waals surface area contributed by atoms with Crippen LogP contribution in [0.15, 0.2) is 0 Å². The smallest absolute Gasteiger partial charge is 0.0961 e. The zero-order chi connectivity index (χ0) is 15.0. The third kappa shape index (κ3) is 3.44. The van der Waals surface area contributed by atoms with Crippen molar-refractivity contribution in [3.63, 3.8) is 0 Å². The highest BCUT2D eigenvalue weighted by atomic mass is 16.6. The molecule has 122 valence electrons. The van der Waals surface area contributed by atoms with Crippen molar-refractivity contribution in [3.8, 4) is 0 Å². The first-order valence-corrected chi connectivity index (χ1v) is 8.56. The highest BCUT2D eigenvalue weighted by molar-refractivity contribution is 4.95. The molecule has 4 heteroatoms. The summed E-state index contributed by atoms with van der Waals surface area (Å²) in [4.78, 5) is 0. The quantitative estimate of drug-likeness (QED) is 0.870. The van der Waals surface area contributed by atoms with Crippen LogP contribution in [0.3, 0.4) is 0 Å². The lowest BCUT2D eigenvalue weighted by Crippen LogP contribution is -2.51. The minimum absolute atomic E-state index is 0.0767. The zero-order valence-corrected chi connectivity index (χ0v) is 13.7. The van der Waals surface area contributed by atoms with Gasteiger partial charge in [-0.05, 0) is 37.5 Å². The van der Waals surface area contributed by atoms with Crippen molar-refractivity contribution in [2.45, 2.75) is 76.1 Å². The topological polar surface area (TPSA) is 53.7 Å². The molecule has 0 radical (unpaired) electrons. The summed E-state index contributed by atoms with van der Waals surface area (Å²) in [5.41, 5.74) is 6.37. The third-order valence-electron chi connectivity index (χ3n) is 5.82. The molecule has 3 aliphatic rings. The molecule has 0 aromatic rings. The Kier molecular flexibility index (Phi) is 4.34. The number of ether oxygens (including phenoxy) is 3. The van der Waals surface area contributed by atoms with Gasteiger partial charge in [-0.1, -0.05) is 13.8 Å². The van der Waals surface area contributed by atoms with Gasteiger partial charge in [0.15, 0.2) is 0 Å². The number of hydrogen-bond donors (Lipinski definition) is 1. The van der Waals surface area contributed by atoms with Crippen molar-refractivity contribution in [3.05, 3.63) is 0 Å². The third-order valence-corrected chi connectivity index (χ3v) is 5.82. The second kappa shape index (κ2) is 5.80. The SMILES string of the molecule is CC1(C)CCC(CN)(OC2CCOC3(CCOC3)C2)CC1. The van der Waals surface area contributed by atoms with Crippen LogP contribution in [0.2, 0.25) is 0 Å². The van der Waals surface area contributed by atoms with Crippen molar-refractivity contribution in [2.24, 2.45) is 11.1 Å². The first-order chi connectivity index (χ1) is 9.97. The Bertz CT molecular complexity index is 353. The predicted octanol–water partition coefficient (Wildman–Crippen LogP) is 2.64. The second-order valence-electron chi connectivity index (χ2n) is 8.12. The van der Waals surface area contributed by atoms with Crippen LogP contribution in [0.5, 0.6) is 0 Å². The van der Waals surface area contributed by atoms with Crippen LogP contribution in [0.25, 0.3) is 0 Å². The molecule has 0 aromatic carbocycles. The van der Waals surface area contributed by atoms with E-state index < -0.39 is 0 Å². The normalized spacial score (nSPS) is 38.7. The average Bonchev–Trinajstić information content (AvgIpc) is 2.90. The van der Waals surface area contributed by atoms with Crippen LogP contribution in [0.4, 0.5) is 0 Å². The van der Waals surface area contributed by atoms with E-state index in [-0.39, 0.29) is 17.3 Å². The minimum Gasteiger partial charge on any atom is -0.378 e. The van der Waals surface area contributed by atoms with Gasteiger partial charge in [-0.15, -0.1) is 0 Å². The van der Waals surface area contributed by atoms with Crippen LogP contribution in [-0.4, -0.2) is 43.7 Å². The summed E-state index contributed by atoms with van der Waals surface area (Å²) in [5, 5.41) is 0. The molecule has 2 atom stereocenters. The molecule has 2 saturated heterocycles. The zero-order valence-electron chi connectivity index (χ0n) is 13.7. The summed E-state index contributed by atoms with van der Waals surface area (Å²) in [5.74, 6) is 0. The molecule has 21 heavy (non-hydrogen) atoms. The lowest BCUT2D eigenvalue weighted by atomic mass is 9.70. The summed E-state index contributed by atoms with van der Waals surface area (Å²) >= 11 is 0. The van der Waals surface area contributed by atoms with Crippen LogP contribution < -0.4 is 5.73 Å². The van der Waals surface area contributed by atoms with Gasteiger partial charge in [-0.25, -0.2) is 0 Å². The van der Waals surface area contributed by atoms with Crippen molar-refractivity contribution in [1.82, 2.24) is 0 Å². The molecule has 2 heterocycles. The van der Waals surface area contributed by atoms with E-state index >= 15 is 0 Å².